The molecule has 2 aromatic carbocycles. The maximum Gasteiger partial charge on any atom is 0.119 e. The van der Waals surface area contributed by atoms with Crippen LogP contribution in [0.2, 0.25) is 0 Å². The molecule has 0 aliphatic carbocycles. The summed E-state index contributed by atoms with van der Waals surface area (Å²) >= 11 is 0. The molecule has 0 saturated heterocycles. The van der Waals surface area contributed by atoms with E-state index in [0.717, 1.165) is 12.2 Å². The van der Waals surface area contributed by atoms with E-state index in [4.69, 9.17) is 4.74 Å². The summed E-state index contributed by atoms with van der Waals surface area (Å²) in [6.07, 6.45) is 1.13. The lowest BCUT2D eigenvalue weighted by Gasteiger charge is -2.25. The topological polar surface area (TPSA) is 21.3 Å². The number of likely N-dealkylation sites (N-methyl/N-ethyl adjacent to an activating group) is 1. The first-order chi connectivity index (χ1) is 9.74. The van der Waals surface area contributed by atoms with E-state index in [-0.39, 0.29) is 12.1 Å². The van der Waals surface area contributed by atoms with Crippen molar-refractivity contribution in [3.63, 3.8) is 0 Å². The maximum absolute atomic E-state index is 6.02. The summed E-state index contributed by atoms with van der Waals surface area (Å²) in [5, 5.41) is 3.35. The molecule has 0 radical (unpaired) electrons. The van der Waals surface area contributed by atoms with Gasteiger partial charge in [-0.25, -0.2) is 0 Å². The predicted octanol–water partition coefficient (Wildman–Crippen LogP) is 3.98. The molecule has 2 rings (SSSR count). The second kappa shape index (κ2) is 7.11. The molecule has 106 valence electrons. The molecule has 0 fully saturated rings. The fraction of sp³-hybridized carbons (Fsp3) is 0.333. The van der Waals surface area contributed by atoms with E-state index in [9.17, 15) is 0 Å². The van der Waals surface area contributed by atoms with E-state index in [0.29, 0.717) is 0 Å². The Balaban J connectivity index is 2.10. The van der Waals surface area contributed by atoms with Gasteiger partial charge < -0.3 is 10.1 Å². The molecular formula is C18H23NO. The van der Waals surface area contributed by atoms with Crippen LogP contribution in [0.15, 0.2) is 54.6 Å². The molecule has 0 saturated carbocycles. The van der Waals surface area contributed by atoms with Crippen molar-refractivity contribution in [1.82, 2.24) is 5.32 Å². The number of nitrogens with one attached hydrogen (secondary N) is 1. The molecule has 2 unspecified atom stereocenters. The van der Waals surface area contributed by atoms with Crippen molar-refractivity contribution in [2.24, 2.45) is 0 Å². The van der Waals surface area contributed by atoms with Gasteiger partial charge in [-0.05, 0) is 43.7 Å². The normalized spacial score (nSPS) is 13.8. The van der Waals surface area contributed by atoms with Crippen LogP contribution in [0.25, 0.3) is 0 Å². The van der Waals surface area contributed by atoms with Gasteiger partial charge in [0, 0.05) is 0 Å². The Hall–Kier alpha value is -1.80. The zero-order valence-electron chi connectivity index (χ0n) is 12.5. The molecule has 2 atom stereocenters. The maximum atomic E-state index is 6.02. The van der Waals surface area contributed by atoms with Gasteiger partial charge in [-0.1, -0.05) is 49.4 Å². The molecular weight excluding hydrogens is 246 g/mol. The largest absolute Gasteiger partial charge is 0.489 e. The molecule has 0 aliphatic rings. The minimum absolute atomic E-state index is 0.0647. The minimum Gasteiger partial charge on any atom is -0.489 e. The highest BCUT2D eigenvalue weighted by Crippen LogP contribution is 2.22. The molecule has 0 spiro atoms. The quantitative estimate of drug-likeness (QED) is 0.856. The fourth-order valence-corrected chi connectivity index (χ4v) is 2.41. The third kappa shape index (κ3) is 3.61. The van der Waals surface area contributed by atoms with Crippen molar-refractivity contribution >= 4 is 0 Å². The lowest BCUT2D eigenvalue weighted by Crippen LogP contribution is -2.31. The Morgan fingerprint density at radius 1 is 1.00 bits per heavy atom. The van der Waals surface area contributed by atoms with E-state index in [1.807, 2.05) is 37.4 Å². The van der Waals surface area contributed by atoms with Gasteiger partial charge >= 0.3 is 0 Å². The van der Waals surface area contributed by atoms with Gasteiger partial charge in [0.2, 0.25) is 0 Å². The SMILES string of the molecule is CCc1ccc(C(NC)C(C)Oc2ccccc2)cc1. The van der Waals surface area contributed by atoms with Crippen LogP contribution >= 0.6 is 0 Å². The highest BCUT2D eigenvalue weighted by atomic mass is 16.5. The Bertz CT molecular complexity index is 507. The van der Waals surface area contributed by atoms with Crippen molar-refractivity contribution in [1.29, 1.82) is 0 Å². The van der Waals surface area contributed by atoms with Crippen LogP contribution < -0.4 is 10.1 Å². The van der Waals surface area contributed by atoms with Gasteiger partial charge in [0.1, 0.15) is 11.9 Å². The minimum atomic E-state index is 0.0647. The molecule has 20 heavy (non-hydrogen) atoms. The Kier molecular flexibility index (Phi) is 5.19. The van der Waals surface area contributed by atoms with Crippen LogP contribution in [0, 0.1) is 0 Å². The van der Waals surface area contributed by atoms with E-state index >= 15 is 0 Å². The van der Waals surface area contributed by atoms with Gasteiger partial charge in [0.15, 0.2) is 0 Å². The highest BCUT2D eigenvalue weighted by molar-refractivity contribution is 5.27. The summed E-state index contributed by atoms with van der Waals surface area (Å²) in [6, 6.07) is 18.9. The zero-order chi connectivity index (χ0) is 14.4. The molecule has 2 aromatic rings. The second-order valence-electron chi connectivity index (χ2n) is 5.00. The number of ether oxygens (including phenoxy) is 1. The summed E-state index contributed by atoms with van der Waals surface area (Å²) in [6.45, 7) is 4.27. The van der Waals surface area contributed by atoms with Crippen molar-refractivity contribution in [3.05, 3.63) is 65.7 Å². The average molecular weight is 269 g/mol. The lowest BCUT2D eigenvalue weighted by molar-refractivity contribution is 0.175. The second-order valence-corrected chi connectivity index (χ2v) is 5.00. The van der Waals surface area contributed by atoms with Crippen molar-refractivity contribution < 1.29 is 4.74 Å². The third-order valence-electron chi connectivity index (χ3n) is 3.59. The Morgan fingerprint density at radius 3 is 2.20 bits per heavy atom. The number of benzene rings is 2. The Labute approximate surface area is 121 Å². The molecule has 0 bridgehead atoms. The van der Waals surface area contributed by atoms with Gasteiger partial charge in [-0.3, -0.25) is 0 Å². The summed E-state index contributed by atoms with van der Waals surface area (Å²) in [7, 11) is 1.98. The molecule has 2 nitrogen and oxygen atoms in total. The standard InChI is InChI=1S/C18H23NO/c1-4-15-10-12-16(13-11-15)18(19-3)14(2)20-17-8-6-5-7-9-17/h5-14,18-19H,4H2,1-3H3. The number of para-hydroxylation sites is 1. The van der Waals surface area contributed by atoms with Gasteiger partial charge in [0.05, 0.1) is 6.04 Å². The molecule has 0 aromatic heterocycles. The monoisotopic (exact) mass is 269 g/mol. The van der Waals surface area contributed by atoms with Crippen LogP contribution in [0.3, 0.4) is 0 Å². The first-order valence-corrected chi connectivity index (χ1v) is 7.22. The molecule has 0 heterocycles. The van der Waals surface area contributed by atoms with Gasteiger partial charge in [-0.2, -0.15) is 0 Å². The summed E-state index contributed by atoms with van der Waals surface area (Å²) < 4.78 is 6.02. The van der Waals surface area contributed by atoms with E-state index < -0.39 is 0 Å². The van der Waals surface area contributed by atoms with Crippen LogP contribution in [0.5, 0.6) is 5.75 Å². The van der Waals surface area contributed by atoms with Gasteiger partial charge in [0.25, 0.3) is 0 Å². The van der Waals surface area contributed by atoms with E-state index in [1.54, 1.807) is 0 Å². The Morgan fingerprint density at radius 2 is 1.65 bits per heavy atom. The summed E-state index contributed by atoms with van der Waals surface area (Å²) in [4.78, 5) is 0. The first kappa shape index (κ1) is 14.6. The fourth-order valence-electron chi connectivity index (χ4n) is 2.41. The van der Waals surface area contributed by atoms with E-state index in [2.05, 4.69) is 43.4 Å². The molecule has 2 heteroatoms. The van der Waals surface area contributed by atoms with Crippen LogP contribution in [0.4, 0.5) is 0 Å². The van der Waals surface area contributed by atoms with Crippen LogP contribution in [0.1, 0.15) is 31.0 Å². The molecule has 1 N–H and O–H groups in total. The number of rotatable bonds is 6. The van der Waals surface area contributed by atoms with Crippen molar-refractivity contribution in [3.8, 4) is 5.75 Å². The molecule has 0 amide bonds. The summed E-state index contributed by atoms with van der Waals surface area (Å²) in [5.41, 5.74) is 2.62. The number of hydrogen-bond donors (Lipinski definition) is 1. The smallest absolute Gasteiger partial charge is 0.119 e. The van der Waals surface area contributed by atoms with Gasteiger partial charge in [-0.15, -0.1) is 0 Å². The van der Waals surface area contributed by atoms with Crippen molar-refractivity contribution in [2.45, 2.75) is 32.4 Å². The summed E-state index contributed by atoms with van der Waals surface area (Å²) in [5.74, 6) is 0.908. The third-order valence-corrected chi connectivity index (χ3v) is 3.59. The predicted molar refractivity (Wildman–Crippen MR) is 84.2 cm³/mol. The zero-order valence-corrected chi connectivity index (χ0v) is 12.5. The molecule has 0 aliphatic heterocycles. The van der Waals surface area contributed by atoms with Crippen LogP contribution in [-0.4, -0.2) is 13.2 Å². The van der Waals surface area contributed by atoms with Crippen molar-refractivity contribution in [2.75, 3.05) is 7.05 Å². The number of hydrogen-bond acceptors (Lipinski definition) is 2. The number of aryl methyl sites for hydroxylation is 1. The average Bonchev–Trinajstić information content (AvgIpc) is 2.49. The van der Waals surface area contributed by atoms with E-state index in [1.165, 1.54) is 11.1 Å². The first-order valence-electron chi connectivity index (χ1n) is 7.22. The van der Waals surface area contributed by atoms with Crippen LogP contribution in [-0.2, 0) is 6.42 Å². The lowest BCUT2D eigenvalue weighted by atomic mass is 10.0. The highest BCUT2D eigenvalue weighted by Gasteiger charge is 2.19.